The molecule has 0 spiro atoms. The van der Waals surface area contributed by atoms with Crippen LogP contribution in [0, 0.1) is 0 Å². The first-order valence-electron chi connectivity index (χ1n) is 7.70. The summed E-state index contributed by atoms with van der Waals surface area (Å²) in [5.41, 5.74) is 1.42. The van der Waals surface area contributed by atoms with E-state index in [0.29, 0.717) is 12.1 Å². The van der Waals surface area contributed by atoms with Crippen LogP contribution >= 0.6 is 15.9 Å². The average molecular weight is 338 g/mol. The summed E-state index contributed by atoms with van der Waals surface area (Å²) in [4.78, 5) is 5.31. The van der Waals surface area contributed by atoms with Crippen molar-refractivity contribution in [3.05, 3.63) is 34.3 Å². The molecule has 1 N–H and O–H groups in total. The molecule has 0 saturated carbocycles. The smallest absolute Gasteiger partial charge is 0.0380 e. The number of likely N-dealkylation sites (N-methyl/N-ethyl adjacent to an activating group) is 1. The lowest BCUT2D eigenvalue weighted by atomic mass is 9.94. The maximum Gasteiger partial charge on any atom is 0.0380 e. The number of hydrogen-bond acceptors (Lipinski definition) is 3. The van der Waals surface area contributed by atoms with Crippen LogP contribution in [0.4, 0.5) is 0 Å². The molecule has 2 unspecified atom stereocenters. The molecule has 3 nitrogen and oxygen atoms in total. The first kappa shape index (κ1) is 14.5. The van der Waals surface area contributed by atoms with Crippen molar-refractivity contribution in [1.29, 1.82) is 0 Å². The van der Waals surface area contributed by atoms with Crippen LogP contribution in [0.3, 0.4) is 0 Å². The molecule has 3 saturated heterocycles. The van der Waals surface area contributed by atoms with E-state index in [1.165, 1.54) is 42.8 Å². The summed E-state index contributed by atoms with van der Waals surface area (Å²) in [5, 5.41) is 3.72. The largest absolute Gasteiger partial charge is 0.312 e. The fourth-order valence-electron chi connectivity index (χ4n) is 3.56. The zero-order valence-electron chi connectivity index (χ0n) is 12.2. The quantitative estimate of drug-likeness (QED) is 0.886. The molecule has 2 bridgehead atoms. The van der Waals surface area contributed by atoms with Crippen molar-refractivity contribution in [2.24, 2.45) is 0 Å². The molecule has 4 heteroatoms. The highest BCUT2D eigenvalue weighted by Gasteiger charge is 2.36. The maximum atomic E-state index is 3.72. The van der Waals surface area contributed by atoms with Crippen molar-refractivity contribution in [1.82, 2.24) is 15.1 Å². The number of halogens is 1. The van der Waals surface area contributed by atoms with E-state index in [1.54, 1.807) is 0 Å². The Balaban J connectivity index is 1.72. The normalized spacial score (nSPS) is 30.4. The molecule has 1 aromatic carbocycles. The van der Waals surface area contributed by atoms with E-state index in [2.05, 4.69) is 62.2 Å². The van der Waals surface area contributed by atoms with Crippen LogP contribution in [0.15, 0.2) is 28.7 Å². The van der Waals surface area contributed by atoms with Crippen LogP contribution in [-0.4, -0.2) is 61.2 Å². The predicted molar refractivity (Wildman–Crippen MR) is 87.1 cm³/mol. The van der Waals surface area contributed by atoms with Gasteiger partial charge in [0.1, 0.15) is 0 Å². The summed E-state index contributed by atoms with van der Waals surface area (Å²) in [6, 6.07) is 9.95. The van der Waals surface area contributed by atoms with Gasteiger partial charge in [0.2, 0.25) is 0 Å². The van der Waals surface area contributed by atoms with Gasteiger partial charge in [0, 0.05) is 49.3 Å². The standard InChI is InChI=1S/C16H24BrN3/c1-2-18-15(11-13-4-3-5-14(17)10-13)16-12-19-6-8-20(16)9-7-19/h3-5,10,15-16,18H,2,6-9,11-12H2,1H3. The fourth-order valence-corrected chi connectivity index (χ4v) is 4.01. The second-order valence-corrected chi connectivity index (χ2v) is 6.82. The van der Waals surface area contributed by atoms with Gasteiger partial charge in [-0.05, 0) is 30.7 Å². The minimum absolute atomic E-state index is 0.553. The number of piperazine rings is 3. The molecule has 3 fully saturated rings. The van der Waals surface area contributed by atoms with Crippen molar-refractivity contribution < 1.29 is 0 Å². The molecule has 110 valence electrons. The Morgan fingerprint density at radius 3 is 2.70 bits per heavy atom. The number of benzene rings is 1. The van der Waals surface area contributed by atoms with Gasteiger partial charge in [-0.25, -0.2) is 0 Å². The Labute approximate surface area is 130 Å². The third kappa shape index (κ3) is 3.25. The first-order chi connectivity index (χ1) is 9.76. The van der Waals surface area contributed by atoms with Crippen molar-refractivity contribution in [3.8, 4) is 0 Å². The highest BCUT2D eigenvalue weighted by Crippen LogP contribution is 2.21. The summed E-state index contributed by atoms with van der Waals surface area (Å²) < 4.78 is 1.18. The zero-order valence-corrected chi connectivity index (χ0v) is 13.8. The lowest BCUT2D eigenvalue weighted by Gasteiger charge is -2.50. The van der Waals surface area contributed by atoms with E-state index in [0.717, 1.165) is 13.0 Å². The molecule has 1 aromatic rings. The summed E-state index contributed by atoms with van der Waals surface area (Å²) in [6.07, 6.45) is 1.11. The summed E-state index contributed by atoms with van der Waals surface area (Å²) in [7, 11) is 0. The average Bonchev–Trinajstić information content (AvgIpc) is 2.48. The number of fused-ring (bicyclic) bond motifs is 3. The fraction of sp³-hybridized carbons (Fsp3) is 0.625. The molecule has 0 radical (unpaired) electrons. The van der Waals surface area contributed by atoms with E-state index in [-0.39, 0.29) is 0 Å². The van der Waals surface area contributed by atoms with E-state index in [9.17, 15) is 0 Å². The summed E-state index contributed by atoms with van der Waals surface area (Å²) >= 11 is 3.58. The van der Waals surface area contributed by atoms with Crippen molar-refractivity contribution in [3.63, 3.8) is 0 Å². The Kier molecular flexibility index (Phi) is 4.76. The molecule has 0 aromatic heterocycles. The Hall–Kier alpha value is -0.420. The van der Waals surface area contributed by atoms with E-state index >= 15 is 0 Å². The van der Waals surface area contributed by atoms with Gasteiger partial charge in [0.15, 0.2) is 0 Å². The van der Waals surface area contributed by atoms with Crippen LogP contribution in [0.25, 0.3) is 0 Å². The van der Waals surface area contributed by atoms with Gasteiger partial charge in [-0.1, -0.05) is 35.0 Å². The van der Waals surface area contributed by atoms with Gasteiger partial charge in [-0.15, -0.1) is 0 Å². The van der Waals surface area contributed by atoms with Gasteiger partial charge in [0.05, 0.1) is 0 Å². The molecule has 2 atom stereocenters. The SMILES string of the molecule is CCNC(Cc1cccc(Br)c1)C1CN2CCN1CC2. The summed E-state index contributed by atoms with van der Waals surface area (Å²) in [5.74, 6) is 0. The van der Waals surface area contributed by atoms with Crippen LogP contribution in [0.2, 0.25) is 0 Å². The highest BCUT2D eigenvalue weighted by atomic mass is 79.9. The molecule has 0 amide bonds. The third-order valence-corrected chi connectivity index (χ3v) is 5.09. The lowest BCUT2D eigenvalue weighted by Crippen LogP contribution is -2.66. The van der Waals surface area contributed by atoms with Crippen molar-refractivity contribution in [2.75, 3.05) is 39.3 Å². The zero-order chi connectivity index (χ0) is 13.9. The van der Waals surface area contributed by atoms with Gasteiger partial charge in [0.25, 0.3) is 0 Å². The van der Waals surface area contributed by atoms with E-state index < -0.39 is 0 Å². The van der Waals surface area contributed by atoms with Gasteiger partial charge in [-0.2, -0.15) is 0 Å². The van der Waals surface area contributed by atoms with E-state index in [4.69, 9.17) is 0 Å². The molecule has 20 heavy (non-hydrogen) atoms. The minimum Gasteiger partial charge on any atom is -0.312 e. The maximum absolute atomic E-state index is 3.72. The summed E-state index contributed by atoms with van der Waals surface area (Å²) in [6.45, 7) is 9.48. The van der Waals surface area contributed by atoms with Crippen molar-refractivity contribution in [2.45, 2.75) is 25.4 Å². The third-order valence-electron chi connectivity index (χ3n) is 4.60. The van der Waals surface area contributed by atoms with Gasteiger partial charge >= 0.3 is 0 Å². The first-order valence-corrected chi connectivity index (χ1v) is 8.50. The monoisotopic (exact) mass is 337 g/mol. The molecule has 3 aliphatic heterocycles. The van der Waals surface area contributed by atoms with Gasteiger partial charge < -0.3 is 5.32 Å². The molecular formula is C16H24BrN3. The Morgan fingerprint density at radius 2 is 2.10 bits per heavy atom. The van der Waals surface area contributed by atoms with Crippen LogP contribution in [0.5, 0.6) is 0 Å². The van der Waals surface area contributed by atoms with Crippen LogP contribution in [-0.2, 0) is 6.42 Å². The highest BCUT2D eigenvalue weighted by molar-refractivity contribution is 9.10. The Morgan fingerprint density at radius 1 is 1.30 bits per heavy atom. The van der Waals surface area contributed by atoms with Crippen LogP contribution in [0.1, 0.15) is 12.5 Å². The molecule has 3 heterocycles. The molecule has 0 aliphatic carbocycles. The Bertz CT molecular complexity index is 443. The second kappa shape index (κ2) is 6.56. The minimum atomic E-state index is 0.553. The number of nitrogens with one attached hydrogen (secondary N) is 1. The number of nitrogens with zero attached hydrogens (tertiary/aromatic N) is 2. The molecular weight excluding hydrogens is 314 g/mol. The van der Waals surface area contributed by atoms with E-state index in [1.807, 2.05) is 0 Å². The van der Waals surface area contributed by atoms with Crippen molar-refractivity contribution >= 4 is 15.9 Å². The number of rotatable bonds is 5. The van der Waals surface area contributed by atoms with Crippen LogP contribution < -0.4 is 5.32 Å². The van der Waals surface area contributed by atoms with Gasteiger partial charge in [-0.3, -0.25) is 9.80 Å². The lowest BCUT2D eigenvalue weighted by molar-refractivity contribution is -0.00288. The predicted octanol–water partition coefficient (Wildman–Crippen LogP) is 1.97. The molecule has 4 rings (SSSR count). The number of hydrogen-bond donors (Lipinski definition) is 1. The second-order valence-electron chi connectivity index (χ2n) is 5.90. The topological polar surface area (TPSA) is 18.5 Å². The molecule has 3 aliphatic rings.